The number of nitrogens with one attached hydrogen (secondary N) is 2. The number of esters is 1. The first-order valence-corrected chi connectivity index (χ1v) is 7.17. The Morgan fingerprint density at radius 1 is 1.29 bits per heavy atom. The van der Waals surface area contributed by atoms with Gasteiger partial charge in [0.15, 0.2) is 0 Å². The van der Waals surface area contributed by atoms with Gasteiger partial charge in [-0.1, -0.05) is 12.1 Å². The zero-order valence-electron chi connectivity index (χ0n) is 12.1. The number of rotatable bonds is 6. The van der Waals surface area contributed by atoms with Crippen LogP contribution in [0, 0.1) is 5.92 Å². The molecular weight excluding hydrogens is 268 g/mol. The van der Waals surface area contributed by atoms with E-state index in [2.05, 4.69) is 10.6 Å². The molecule has 5 nitrogen and oxygen atoms in total. The van der Waals surface area contributed by atoms with Crippen LogP contribution in [0.5, 0.6) is 0 Å². The molecule has 0 spiro atoms. The topological polar surface area (TPSA) is 67.4 Å². The summed E-state index contributed by atoms with van der Waals surface area (Å²) in [5.74, 6) is 0.297. The van der Waals surface area contributed by atoms with E-state index in [0.29, 0.717) is 12.5 Å². The zero-order chi connectivity index (χ0) is 15.1. The van der Waals surface area contributed by atoms with Gasteiger partial charge in [0.1, 0.15) is 0 Å². The minimum Gasteiger partial charge on any atom is -0.463 e. The van der Waals surface area contributed by atoms with Crippen LogP contribution in [-0.4, -0.2) is 25.2 Å². The standard InChI is InChI=1S/C16H20N2O3/c1-2-21-15(19)10-7-12-5-8-14(9-6-12)18-16(20)17-11-13-3-4-13/h5-10,13H,2-4,11H2,1H3,(H2,17,18,20). The van der Waals surface area contributed by atoms with Crippen molar-refractivity contribution < 1.29 is 14.3 Å². The van der Waals surface area contributed by atoms with E-state index in [0.717, 1.165) is 17.8 Å². The average molecular weight is 288 g/mol. The summed E-state index contributed by atoms with van der Waals surface area (Å²) in [5.41, 5.74) is 1.59. The molecule has 0 unspecified atom stereocenters. The number of urea groups is 1. The van der Waals surface area contributed by atoms with E-state index in [1.807, 2.05) is 12.1 Å². The fraction of sp³-hybridized carbons (Fsp3) is 0.375. The van der Waals surface area contributed by atoms with Crippen molar-refractivity contribution in [2.24, 2.45) is 5.92 Å². The summed E-state index contributed by atoms with van der Waals surface area (Å²) < 4.78 is 4.80. The van der Waals surface area contributed by atoms with Gasteiger partial charge in [0.25, 0.3) is 0 Å². The third-order valence-electron chi connectivity index (χ3n) is 3.12. The lowest BCUT2D eigenvalue weighted by atomic mass is 10.2. The van der Waals surface area contributed by atoms with Gasteiger partial charge in [0.2, 0.25) is 0 Å². The molecule has 2 rings (SSSR count). The normalized spacial score (nSPS) is 14.0. The van der Waals surface area contributed by atoms with Crippen molar-refractivity contribution in [1.82, 2.24) is 5.32 Å². The van der Waals surface area contributed by atoms with Crippen LogP contribution in [0.2, 0.25) is 0 Å². The monoisotopic (exact) mass is 288 g/mol. The van der Waals surface area contributed by atoms with E-state index in [4.69, 9.17) is 4.74 Å². The van der Waals surface area contributed by atoms with E-state index in [1.165, 1.54) is 18.9 Å². The number of ether oxygens (including phenoxy) is 1. The predicted octanol–water partition coefficient (Wildman–Crippen LogP) is 2.79. The number of benzene rings is 1. The fourth-order valence-corrected chi connectivity index (χ4v) is 1.77. The van der Waals surface area contributed by atoms with E-state index in [1.54, 1.807) is 25.1 Å². The van der Waals surface area contributed by atoms with Crippen LogP contribution in [0.1, 0.15) is 25.3 Å². The molecule has 0 saturated heterocycles. The second kappa shape index (κ2) is 7.47. The molecule has 0 aliphatic heterocycles. The maximum Gasteiger partial charge on any atom is 0.330 e. The molecule has 112 valence electrons. The number of anilines is 1. The molecule has 0 atom stereocenters. The SMILES string of the molecule is CCOC(=O)C=Cc1ccc(NC(=O)NCC2CC2)cc1. The highest BCUT2D eigenvalue weighted by Crippen LogP contribution is 2.27. The third-order valence-corrected chi connectivity index (χ3v) is 3.12. The lowest BCUT2D eigenvalue weighted by Crippen LogP contribution is -2.30. The van der Waals surface area contributed by atoms with Gasteiger partial charge in [-0.15, -0.1) is 0 Å². The highest BCUT2D eigenvalue weighted by molar-refractivity contribution is 5.90. The van der Waals surface area contributed by atoms with Crippen molar-refractivity contribution in [3.63, 3.8) is 0 Å². The van der Waals surface area contributed by atoms with Gasteiger partial charge in [-0.25, -0.2) is 9.59 Å². The van der Waals surface area contributed by atoms with Gasteiger partial charge in [-0.2, -0.15) is 0 Å². The molecule has 1 aromatic rings. The van der Waals surface area contributed by atoms with Gasteiger partial charge < -0.3 is 15.4 Å². The molecule has 2 amide bonds. The molecule has 0 radical (unpaired) electrons. The molecule has 1 aliphatic carbocycles. The number of hydrogen-bond acceptors (Lipinski definition) is 3. The highest BCUT2D eigenvalue weighted by Gasteiger charge is 2.21. The van der Waals surface area contributed by atoms with Crippen molar-refractivity contribution in [2.75, 3.05) is 18.5 Å². The summed E-state index contributed by atoms with van der Waals surface area (Å²) in [6.07, 6.45) is 5.48. The Labute approximate surface area is 124 Å². The Morgan fingerprint density at radius 2 is 2.00 bits per heavy atom. The lowest BCUT2D eigenvalue weighted by Gasteiger charge is -2.07. The van der Waals surface area contributed by atoms with Crippen molar-refractivity contribution >= 4 is 23.8 Å². The molecule has 1 aliphatic rings. The van der Waals surface area contributed by atoms with Crippen LogP contribution < -0.4 is 10.6 Å². The molecule has 1 aromatic carbocycles. The minimum atomic E-state index is -0.362. The molecular formula is C16H20N2O3. The Balaban J connectivity index is 1.80. The van der Waals surface area contributed by atoms with Crippen LogP contribution in [-0.2, 0) is 9.53 Å². The number of carbonyl (C=O) groups excluding carboxylic acids is 2. The molecule has 1 fully saturated rings. The summed E-state index contributed by atoms with van der Waals surface area (Å²) in [5, 5.41) is 5.61. The Kier molecular flexibility index (Phi) is 5.37. The predicted molar refractivity (Wildman–Crippen MR) is 81.9 cm³/mol. The van der Waals surface area contributed by atoms with Crippen LogP contribution in [0.25, 0.3) is 6.08 Å². The fourth-order valence-electron chi connectivity index (χ4n) is 1.77. The number of carbonyl (C=O) groups is 2. The first kappa shape index (κ1) is 15.1. The maximum absolute atomic E-state index is 11.6. The van der Waals surface area contributed by atoms with Crippen LogP contribution in [0.15, 0.2) is 30.3 Å². The van der Waals surface area contributed by atoms with Crippen molar-refractivity contribution in [1.29, 1.82) is 0 Å². The van der Waals surface area contributed by atoms with E-state index < -0.39 is 0 Å². The quantitative estimate of drug-likeness (QED) is 0.625. The summed E-state index contributed by atoms with van der Waals surface area (Å²) in [4.78, 5) is 22.8. The number of hydrogen-bond donors (Lipinski definition) is 2. The summed E-state index contributed by atoms with van der Waals surface area (Å²) in [6.45, 7) is 2.87. The largest absolute Gasteiger partial charge is 0.463 e. The molecule has 0 bridgehead atoms. The van der Waals surface area contributed by atoms with E-state index >= 15 is 0 Å². The minimum absolute atomic E-state index is 0.184. The summed E-state index contributed by atoms with van der Waals surface area (Å²) in [6, 6.07) is 7.05. The molecule has 5 heteroatoms. The molecule has 2 N–H and O–H groups in total. The van der Waals surface area contributed by atoms with Crippen molar-refractivity contribution in [3.8, 4) is 0 Å². The van der Waals surface area contributed by atoms with E-state index in [-0.39, 0.29) is 12.0 Å². The molecule has 1 saturated carbocycles. The van der Waals surface area contributed by atoms with Gasteiger partial charge in [0, 0.05) is 18.3 Å². The highest BCUT2D eigenvalue weighted by atomic mass is 16.5. The lowest BCUT2D eigenvalue weighted by molar-refractivity contribution is -0.137. The van der Waals surface area contributed by atoms with Crippen molar-refractivity contribution in [3.05, 3.63) is 35.9 Å². The maximum atomic E-state index is 11.6. The first-order chi connectivity index (χ1) is 10.2. The Hall–Kier alpha value is -2.30. The van der Waals surface area contributed by atoms with Gasteiger partial charge in [-0.3, -0.25) is 0 Å². The summed E-state index contributed by atoms with van der Waals surface area (Å²) >= 11 is 0. The van der Waals surface area contributed by atoms with Crippen LogP contribution in [0.4, 0.5) is 10.5 Å². The van der Waals surface area contributed by atoms with Gasteiger partial charge in [0.05, 0.1) is 6.61 Å². The second-order valence-electron chi connectivity index (χ2n) is 4.99. The second-order valence-corrected chi connectivity index (χ2v) is 4.99. The Morgan fingerprint density at radius 3 is 2.62 bits per heavy atom. The molecule has 0 heterocycles. The van der Waals surface area contributed by atoms with Gasteiger partial charge >= 0.3 is 12.0 Å². The average Bonchev–Trinajstić information content (AvgIpc) is 3.29. The van der Waals surface area contributed by atoms with E-state index in [9.17, 15) is 9.59 Å². The van der Waals surface area contributed by atoms with Crippen molar-refractivity contribution in [2.45, 2.75) is 19.8 Å². The first-order valence-electron chi connectivity index (χ1n) is 7.17. The molecule has 21 heavy (non-hydrogen) atoms. The summed E-state index contributed by atoms with van der Waals surface area (Å²) in [7, 11) is 0. The zero-order valence-corrected chi connectivity index (χ0v) is 12.1. The number of amides is 2. The molecule has 0 aromatic heterocycles. The Bertz CT molecular complexity index is 519. The van der Waals surface area contributed by atoms with Crippen LogP contribution >= 0.6 is 0 Å². The van der Waals surface area contributed by atoms with Gasteiger partial charge in [-0.05, 0) is 49.5 Å². The van der Waals surface area contributed by atoms with Crippen LogP contribution in [0.3, 0.4) is 0 Å². The smallest absolute Gasteiger partial charge is 0.330 e. The third kappa shape index (κ3) is 5.69.